The van der Waals surface area contributed by atoms with Crippen LogP contribution in [0.4, 0.5) is 0 Å². The molecule has 0 aromatic heterocycles. The fraction of sp³-hybridized carbons (Fsp3) is 0.846. The zero-order valence-electron chi connectivity index (χ0n) is 11.9. The summed E-state index contributed by atoms with van der Waals surface area (Å²) >= 11 is 0. The monoisotopic (exact) mass is 258 g/mol. The first-order valence-corrected chi connectivity index (χ1v) is 6.54. The van der Waals surface area contributed by atoms with Crippen molar-refractivity contribution in [1.29, 1.82) is 0 Å². The summed E-state index contributed by atoms with van der Waals surface area (Å²) in [7, 11) is 1.84. The maximum Gasteiger partial charge on any atom is 0.303 e. The van der Waals surface area contributed by atoms with E-state index in [4.69, 9.17) is 5.11 Å². The molecule has 0 bridgehead atoms. The molecule has 1 unspecified atom stereocenters. The van der Waals surface area contributed by atoms with Crippen molar-refractivity contribution < 1.29 is 14.7 Å². The van der Waals surface area contributed by atoms with Crippen molar-refractivity contribution in [3.8, 4) is 0 Å². The summed E-state index contributed by atoms with van der Waals surface area (Å²) in [6, 6.07) is -0.217. The standard InChI is InChI=1S/C13H26N2O3/c1-10(2)7-8-14-13(18)11(3)15(4)9-5-6-12(16)17/h10-11H,5-9H2,1-4H3,(H,14,18)(H,16,17). The first kappa shape index (κ1) is 16.9. The lowest BCUT2D eigenvalue weighted by atomic mass is 10.1. The Hall–Kier alpha value is -1.10. The van der Waals surface area contributed by atoms with Crippen molar-refractivity contribution in [2.45, 2.75) is 46.1 Å². The highest BCUT2D eigenvalue weighted by Crippen LogP contribution is 2.01. The number of likely N-dealkylation sites (N-methyl/N-ethyl adjacent to an activating group) is 1. The van der Waals surface area contributed by atoms with E-state index in [1.54, 1.807) is 0 Å². The number of amides is 1. The van der Waals surface area contributed by atoms with Gasteiger partial charge in [-0.15, -0.1) is 0 Å². The van der Waals surface area contributed by atoms with Crippen LogP contribution in [0.2, 0.25) is 0 Å². The Labute approximate surface area is 110 Å². The van der Waals surface area contributed by atoms with Gasteiger partial charge in [0.1, 0.15) is 0 Å². The van der Waals surface area contributed by atoms with Crippen LogP contribution in [0.1, 0.15) is 40.0 Å². The van der Waals surface area contributed by atoms with Crippen LogP contribution in [0.15, 0.2) is 0 Å². The van der Waals surface area contributed by atoms with Crippen molar-refractivity contribution in [1.82, 2.24) is 10.2 Å². The summed E-state index contributed by atoms with van der Waals surface area (Å²) in [6.45, 7) is 7.39. The molecule has 0 heterocycles. The number of carbonyl (C=O) groups excluding carboxylic acids is 1. The highest BCUT2D eigenvalue weighted by Gasteiger charge is 2.17. The van der Waals surface area contributed by atoms with Crippen molar-refractivity contribution in [2.24, 2.45) is 5.92 Å². The van der Waals surface area contributed by atoms with E-state index < -0.39 is 5.97 Å². The van der Waals surface area contributed by atoms with Gasteiger partial charge in [-0.05, 0) is 39.3 Å². The topological polar surface area (TPSA) is 69.6 Å². The first-order valence-electron chi connectivity index (χ1n) is 6.54. The summed E-state index contributed by atoms with van der Waals surface area (Å²) in [5.41, 5.74) is 0. The summed E-state index contributed by atoms with van der Waals surface area (Å²) < 4.78 is 0. The van der Waals surface area contributed by atoms with Gasteiger partial charge in [-0.1, -0.05) is 13.8 Å². The second kappa shape index (κ2) is 8.91. The van der Waals surface area contributed by atoms with E-state index in [0.717, 1.165) is 6.42 Å². The van der Waals surface area contributed by atoms with Gasteiger partial charge in [0.15, 0.2) is 0 Å². The van der Waals surface area contributed by atoms with E-state index in [-0.39, 0.29) is 18.4 Å². The molecule has 0 fully saturated rings. The second-order valence-corrected chi connectivity index (χ2v) is 5.13. The third-order valence-corrected chi connectivity index (χ3v) is 2.96. The molecule has 0 saturated carbocycles. The molecule has 18 heavy (non-hydrogen) atoms. The van der Waals surface area contributed by atoms with Crippen LogP contribution >= 0.6 is 0 Å². The Bertz CT molecular complexity index is 267. The Morgan fingerprint density at radius 1 is 1.28 bits per heavy atom. The van der Waals surface area contributed by atoms with Crippen LogP contribution in [-0.4, -0.2) is 48.1 Å². The van der Waals surface area contributed by atoms with Gasteiger partial charge in [0.05, 0.1) is 6.04 Å². The molecular formula is C13H26N2O3. The average Bonchev–Trinajstić information content (AvgIpc) is 2.26. The minimum absolute atomic E-state index is 0.00785. The number of carboxylic acid groups (broad SMARTS) is 1. The lowest BCUT2D eigenvalue weighted by molar-refractivity contribution is -0.137. The zero-order chi connectivity index (χ0) is 14.1. The van der Waals surface area contributed by atoms with Crippen LogP contribution in [0, 0.1) is 5.92 Å². The van der Waals surface area contributed by atoms with Crippen molar-refractivity contribution in [3.63, 3.8) is 0 Å². The van der Waals surface area contributed by atoms with Gasteiger partial charge in [-0.3, -0.25) is 14.5 Å². The van der Waals surface area contributed by atoms with E-state index in [1.165, 1.54) is 0 Å². The largest absolute Gasteiger partial charge is 0.481 e. The highest BCUT2D eigenvalue weighted by molar-refractivity contribution is 5.81. The first-order chi connectivity index (χ1) is 8.34. The van der Waals surface area contributed by atoms with Gasteiger partial charge in [0.2, 0.25) is 5.91 Å². The van der Waals surface area contributed by atoms with E-state index in [0.29, 0.717) is 25.4 Å². The molecule has 5 heteroatoms. The van der Waals surface area contributed by atoms with Gasteiger partial charge in [0, 0.05) is 13.0 Å². The number of nitrogens with zero attached hydrogens (tertiary/aromatic N) is 1. The number of aliphatic carboxylic acids is 1. The van der Waals surface area contributed by atoms with Crippen LogP contribution in [0.3, 0.4) is 0 Å². The Kier molecular flexibility index (Phi) is 8.37. The molecule has 1 amide bonds. The fourth-order valence-corrected chi connectivity index (χ4v) is 1.51. The SMILES string of the molecule is CC(C)CCNC(=O)C(C)N(C)CCCC(=O)O. The Morgan fingerprint density at radius 3 is 2.39 bits per heavy atom. The van der Waals surface area contributed by atoms with E-state index in [1.807, 2.05) is 18.9 Å². The van der Waals surface area contributed by atoms with Crippen LogP contribution in [0.25, 0.3) is 0 Å². The number of nitrogens with one attached hydrogen (secondary N) is 1. The van der Waals surface area contributed by atoms with Crippen molar-refractivity contribution in [3.05, 3.63) is 0 Å². The van der Waals surface area contributed by atoms with Crippen LogP contribution in [-0.2, 0) is 9.59 Å². The summed E-state index contributed by atoms with van der Waals surface area (Å²) in [6.07, 6.45) is 1.68. The molecule has 1 atom stereocenters. The van der Waals surface area contributed by atoms with Gasteiger partial charge in [-0.25, -0.2) is 0 Å². The van der Waals surface area contributed by atoms with Gasteiger partial charge < -0.3 is 10.4 Å². The molecule has 106 valence electrons. The number of hydrogen-bond acceptors (Lipinski definition) is 3. The third kappa shape index (κ3) is 8.06. The fourth-order valence-electron chi connectivity index (χ4n) is 1.51. The summed E-state index contributed by atoms with van der Waals surface area (Å²) in [5, 5.41) is 11.4. The lowest BCUT2D eigenvalue weighted by Crippen LogP contribution is -2.44. The van der Waals surface area contributed by atoms with Crippen LogP contribution in [0.5, 0.6) is 0 Å². The molecule has 0 aromatic carbocycles. The van der Waals surface area contributed by atoms with Gasteiger partial charge >= 0.3 is 5.97 Å². The van der Waals surface area contributed by atoms with Crippen LogP contribution < -0.4 is 5.32 Å². The van der Waals surface area contributed by atoms with E-state index in [2.05, 4.69) is 19.2 Å². The van der Waals surface area contributed by atoms with Gasteiger partial charge in [-0.2, -0.15) is 0 Å². The molecule has 0 spiro atoms. The predicted octanol–water partition coefficient (Wildman–Crippen LogP) is 1.33. The number of carbonyl (C=O) groups is 2. The molecule has 0 radical (unpaired) electrons. The summed E-state index contributed by atoms with van der Waals surface area (Å²) in [4.78, 5) is 24.1. The molecule has 0 aliphatic rings. The second-order valence-electron chi connectivity index (χ2n) is 5.13. The maximum absolute atomic E-state index is 11.8. The predicted molar refractivity (Wildman–Crippen MR) is 71.4 cm³/mol. The highest BCUT2D eigenvalue weighted by atomic mass is 16.4. The Morgan fingerprint density at radius 2 is 1.89 bits per heavy atom. The summed E-state index contributed by atoms with van der Waals surface area (Å²) in [5.74, 6) is -0.209. The number of hydrogen-bond donors (Lipinski definition) is 2. The minimum Gasteiger partial charge on any atom is -0.481 e. The lowest BCUT2D eigenvalue weighted by Gasteiger charge is -2.23. The molecule has 2 N–H and O–H groups in total. The minimum atomic E-state index is -0.794. The van der Waals surface area contributed by atoms with Crippen molar-refractivity contribution in [2.75, 3.05) is 20.1 Å². The third-order valence-electron chi connectivity index (χ3n) is 2.96. The number of carboxylic acids is 1. The molecule has 5 nitrogen and oxygen atoms in total. The average molecular weight is 258 g/mol. The smallest absolute Gasteiger partial charge is 0.303 e. The quantitative estimate of drug-likeness (QED) is 0.654. The molecule has 0 aromatic rings. The number of rotatable bonds is 9. The zero-order valence-corrected chi connectivity index (χ0v) is 11.9. The Balaban J connectivity index is 3.85. The van der Waals surface area contributed by atoms with E-state index in [9.17, 15) is 9.59 Å². The molecule has 0 rings (SSSR count). The molecule has 0 aliphatic heterocycles. The normalized spacial score (nSPS) is 12.8. The van der Waals surface area contributed by atoms with Crippen molar-refractivity contribution >= 4 is 11.9 Å². The molecule has 0 saturated heterocycles. The molecule has 0 aliphatic carbocycles. The van der Waals surface area contributed by atoms with Gasteiger partial charge in [0.25, 0.3) is 0 Å². The molecular weight excluding hydrogens is 232 g/mol. The maximum atomic E-state index is 11.8. The van der Waals surface area contributed by atoms with E-state index >= 15 is 0 Å².